The minimum Gasteiger partial charge on any atom is -0.282 e. The molecule has 0 rings (SSSR count). The summed E-state index contributed by atoms with van der Waals surface area (Å²) in [4.78, 5) is 5.69. The van der Waals surface area contributed by atoms with Gasteiger partial charge in [-0.2, -0.15) is 0 Å². The van der Waals surface area contributed by atoms with E-state index in [0.717, 1.165) is 0 Å². The Balaban J connectivity index is 3.14. The molecular weight excluding hydrogens is 94.0 g/mol. The first kappa shape index (κ1) is 6.88. The second-order valence-electron chi connectivity index (χ2n) is 1.67. The quantitative estimate of drug-likeness (QED) is 0.313. The Hall–Kier alpha value is -0.120. The molecule has 0 spiro atoms. The van der Waals surface area contributed by atoms with E-state index >= 15 is 0 Å². The lowest BCUT2D eigenvalue weighted by Gasteiger charge is -2.14. The summed E-state index contributed by atoms with van der Waals surface area (Å²) in [5.74, 6) is 0. The summed E-state index contributed by atoms with van der Waals surface area (Å²) in [5.41, 5.74) is 0. The van der Waals surface area contributed by atoms with Crippen molar-refractivity contribution in [3.63, 3.8) is 0 Å². The fourth-order valence-corrected chi connectivity index (χ4v) is 0.0943. The van der Waals surface area contributed by atoms with Gasteiger partial charge in [-0.05, 0) is 21.0 Å². The molecule has 0 aromatic heterocycles. The van der Waals surface area contributed by atoms with Gasteiger partial charge in [0.25, 0.3) is 0 Å². The monoisotopic (exact) mass is 105 g/mol. The van der Waals surface area contributed by atoms with Gasteiger partial charge in [0.15, 0.2) is 0 Å². The van der Waals surface area contributed by atoms with Crippen LogP contribution in [0.1, 0.15) is 6.92 Å². The van der Waals surface area contributed by atoms with Gasteiger partial charge in [0.05, 0.1) is 0 Å². The van der Waals surface area contributed by atoms with Crippen LogP contribution in [0.3, 0.4) is 0 Å². The third kappa shape index (κ3) is 2.56. The number of hydrogen-bond acceptors (Lipinski definition) is 3. The van der Waals surface area contributed by atoms with E-state index in [1.165, 1.54) is 0 Å². The van der Waals surface area contributed by atoms with Crippen molar-refractivity contribution >= 4 is 0 Å². The summed E-state index contributed by atoms with van der Waals surface area (Å²) < 4.78 is 0. The highest BCUT2D eigenvalue weighted by atomic mass is 17.1. The normalized spacial score (nSPS) is 15.0. The van der Waals surface area contributed by atoms with E-state index in [9.17, 15) is 0 Å². The van der Waals surface area contributed by atoms with Gasteiger partial charge in [-0.25, -0.2) is 4.89 Å². The van der Waals surface area contributed by atoms with Gasteiger partial charge in [-0.15, -0.1) is 0 Å². The van der Waals surface area contributed by atoms with Gasteiger partial charge in [0.1, 0.15) is 6.23 Å². The van der Waals surface area contributed by atoms with Crippen molar-refractivity contribution in [3.05, 3.63) is 0 Å². The summed E-state index contributed by atoms with van der Waals surface area (Å²) in [5, 5.41) is 7.96. The Bertz CT molecular complexity index is 47.0. The first-order valence-corrected chi connectivity index (χ1v) is 2.15. The molecule has 3 nitrogen and oxygen atoms in total. The summed E-state index contributed by atoms with van der Waals surface area (Å²) in [6.45, 7) is 1.75. The molecule has 44 valence electrons. The maximum atomic E-state index is 7.96. The molecule has 7 heavy (non-hydrogen) atoms. The smallest absolute Gasteiger partial charge is 0.142 e. The first-order chi connectivity index (χ1) is 3.18. The van der Waals surface area contributed by atoms with Gasteiger partial charge in [0.2, 0.25) is 0 Å². The molecule has 0 fully saturated rings. The maximum Gasteiger partial charge on any atom is 0.142 e. The molecule has 0 amide bonds. The lowest BCUT2D eigenvalue weighted by molar-refractivity contribution is -0.302. The summed E-state index contributed by atoms with van der Waals surface area (Å²) in [6, 6.07) is 0. The van der Waals surface area contributed by atoms with Crippen LogP contribution in [0.25, 0.3) is 0 Å². The molecule has 0 saturated carbocycles. The SMILES string of the molecule is CC(OO)N(C)C. The van der Waals surface area contributed by atoms with E-state index in [4.69, 9.17) is 5.26 Å². The summed E-state index contributed by atoms with van der Waals surface area (Å²) >= 11 is 0. The van der Waals surface area contributed by atoms with E-state index in [-0.39, 0.29) is 6.23 Å². The molecule has 0 radical (unpaired) electrons. The van der Waals surface area contributed by atoms with E-state index in [1.54, 1.807) is 11.8 Å². The largest absolute Gasteiger partial charge is 0.282 e. The molecule has 0 aliphatic heterocycles. The molecule has 1 N–H and O–H groups in total. The minimum atomic E-state index is -0.208. The Morgan fingerprint density at radius 2 is 2.00 bits per heavy atom. The van der Waals surface area contributed by atoms with Crippen molar-refractivity contribution in [2.45, 2.75) is 13.2 Å². The predicted molar refractivity (Wildman–Crippen MR) is 26.9 cm³/mol. The molecule has 0 aromatic rings. The number of nitrogens with zero attached hydrogens (tertiary/aromatic N) is 1. The van der Waals surface area contributed by atoms with E-state index in [2.05, 4.69) is 4.89 Å². The van der Waals surface area contributed by atoms with Gasteiger partial charge >= 0.3 is 0 Å². The second kappa shape index (κ2) is 2.96. The van der Waals surface area contributed by atoms with Crippen LogP contribution in [0.15, 0.2) is 0 Å². The molecule has 0 aliphatic rings. The summed E-state index contributed by atoms with van der Waals surface area (Å²) in [7, 11) is 3.64. The van der Waals surface area contributed by atoms with Gasteiger partial charge in [-0.1, -0.05) is 0 Å². The van der Waals surface area contributed by atoms with Crippen LogP contribution in [0.5, 0.6) is 0 Å². The van der Waals surface area contributed by atoms with Gasteiger partial charge < -0.3 is 0 Å². The van der Waals surface area contributed by atoms with Crippen LogP contribution >= 0.6 is 0 Å². The Morgan fingerprint density at radius 1 is 1.57 bits per heavy atom. The molecular formula is C4H11NO2. The fourth-order valence-electron chi connectivity index (χ4n) is 0.0943. The van der Waals surface area contributed by atoms with Crippen LogP contribution in [0.2, 0.25) is 0 Å². The molecule has 1 atom stereocenters. The average Bonchev–Trinajstić information content (AvgIpc) is 1.65. The Morgan fingerprint density at radius 3 is 2.00 bits per heavy atom. The minimum absolute atomic E-state index is 0.208. The molecule has 0 saturated heterocycles. The van der Waals surface area contributed by atoms with Crippen molar-refractivity contribution in [1.82, 2.24) is 4.90 Å². The molecule has 0 bridgehead atoms. The number of rotatable bonds is 2. The van der Waals surface area contributed by atoms with Crippen molar-refractivity contribution in [3.8, 4) is 0 Å². The lowest BCUT2D eigenvalue weighted by atomic mass is 10.6. The maximum absolute atomic E-state index is 7.96. The third-order valence-corrected chi connectivity index (χ3v) is 0.880. The zero-order valence-electron chi connectivity index (χ0n) is 4.88. The molecule has 0 aliphatic carbocycles. The summed E-state index contributed by atoms with van der Waals surface area (Å²) in [6.07, 6.45) is -0.208. The Kier molecular flexibility index (Phi) is 2.91. The first-order valence-electron chi connectivity index (χ1n) is 2.15. The highest BCUT2D eigenvalue weighted by Gasteiger charge is 1.99. The topological polar surface area (TPSA) is 32.7 Å². The van der Waals surface area contributed by atoms with Gasteiger partial charge in [0, 0.05) is 0 Å². The number of hydrogen-bond donors (Lipinski definition) is 1. The predicted octanol–water partition coefficient (Wildman–Crippen LogP) is 0.384. The molecule has 0 heterocycles. The zero-order chi connectivity index (χ0) is 5.86. The van der Waals surface area contributed by atoms with Crippen molar-refractivity contribution in [1.29, 1.82) is 0 Å². The van der Waals surface area contributed by atoms with E-state index in [0.29, 0.717) is 0 Å². The van der Waals surface area contributed by atoms with Gasteiger partial charge in [-0.3, -0.25) is 10.2 Å². The van der Waals surface area contributed by atoms with Crippen molar-refractivity contribution in [2.24, 2.45) is 0 Å². The third-order valence-electron chi connectivity index (χ3n) is 0.880. The highest BCUT2D eigenvalue weighted by Crippen LogP contribution is 1.87. The molecule has 3 heteroatoms. The van der Waals surface area contributed by atoms with Crippen LogP contribution in [0.4, 0.5) is 0 Å². The molecule has 1 unspecified atom stereocenters. The fraction of sp³-hybridized carbons (Fsp3) is 1.00. The second-order valence-corrected chi connectivity index (χ2v) is 1.67. The molecule has 0 aromatic carbocycles. The van der Waals surface area contributed by atoms with Crippen LogP contribution in [-0.4, -0.2) is 30.5 Å². The Labute approximate surface area is 43.4 Å². The van der Waals surface area contributed by atoms with E-state index in [1.807, 2.05) is 14.1 Å². The van der Waals surface area contributed by atoms with E-state index < -0.39 is 0 Å². The zero-order valence-corrected chi connectivity index (χ0v) is 4.88. The van der Waals surface area contributed by atoms with Crippen LogP contribution in [-0.2, 0) is 4.89 Å². The average molecular weight is 105 g/mol. The standard InChI is InChI=1S/C4H11NO2/c1-4(7-6)5(2)3/h4,6H,1-3H3. The van der Waals surface area contributed by atoms with Crippen molar-refractivity contribution in [2.75, 3.05) is 14.1 Å². The van der Waals surface area contributed by atoms with Crippen LogP contribution < -0.4 is 0 Å². The lowest BCUT2D eigenvalue weighted by Crippen LogP contribution is -2.25. The van der Waals surface area contributed by atoms with Crippen molar-refractivity contribution < 1.29 is 10.1 Å². The van der Waals surface area contributed by atoms with Crippen LogP contribution in [0, 0.1) is 0 Å². The highest BCUT2D eigenvalue weighted by molar-refractivity contribution is 4.37.